The average Bonchev–Trinajstić information content (AvgIpc) is 2.49. The van der Waals surface area contributed by atoms with Crippen molar-refractivity contribution in [2.45, 2.75) is 32.1 Å². The summed E-state index contributed by atoms with van der Waals surface area (Å²) in [5, 5.41) is 2.84. The molecule has 2 fully saturated rings. The molecule has 0 radical (unpaired) electrons. The van der Waals surface area contributed by atoms with Gasteiger partial charge in [-0.05, 0) is 55.5 Å². The third-order valence-electron chi connectivity index (χ3n) is 4.87. The molecular weight excluding hydrogens is 267 g/mol. The molecule has 114 valence electrons. The minimum absolute atomic E-state index is 0.00383. The van der Waals surface area contributed by atoms with E-state index in [1.807, 2.05) is 0 Å². The van der Waals surface area contributed by atoms with Crippen LogP contribution in [0.3, 0.4) is 0 Å². The maximum Gasteiger partial charge on any atom is 0.238 e. The van der Waals surface area contributed by atoms with Gasteiger partial charge in [0.25, 0.3) is 0 Å². The molecule has 3 nitrogen and oxygen atoms in total. The molecule has 1 amide bonds. The van der Waals surface area contributed by atoms with Crippen LogP contribution in [0.5, 0.6) is 0 Å². The Kier molecular flexibility index (Phi) is 4.54. The quantitative estimate of drug-likeness (QED) is 0.926. The molecule has 1 aliphatic carbocycles. The Hall–Kier alpha value is -1.42. The molecule has 0 aromatic heterocycles. The molecule has 1 N–H and O–H groups in total. The first-order valence-electron chi connectivity index (χ1n) is 7.98. The highest BCUT2D eigenvalue weighted by Crippen LogP contribution is 2.35. The number of benzene rings is 1. The van der Waals surface area contributed by atoms with Gasteiger partial charge in [0.05, 0.1) is 6.54 Å². The van der Waals surface area contributed by atoms with Gasteiger partial charge in [-0.15, -0.1) is 0 Å². The van der Waals surface area contributed by atoms with E-state index in [4.69, 9.17) is 0 Å². The molecule has 3 rings (SSSR count). The molecule has 0 spiro atoms. The first-order chi connectivity index (χ1) is 10.2. The second kappa shape index (κ2) is 6.56. The van der Waals surface area contributed by atoms with Gasteiger partial charge in [0.15, 0.2) is 0 Å². The third-order valence-corrected chi connectivity index (χ3v) is 4.87. The first kappa shape index (κ1) is 14.5. The summed E-state index contributed by atoms with van der Waals surface area (Å²) in [4.78, 5) is 14.3. The highest BCUT2D eigenvalue weighted by atomic mass is 19.1. The van der Waals surface area contributed by atoms with E-state index in [1.165, 1.54) is 44.2 Å². The Morgan fingerprint density at radius 3 is 2.62 bits per heavy atom. The Bertz CT molecular complexity index is 488. The summed E-state index contributed by atoms with van der Waals surface area (Å²) in [5.74, 6) is 1.38. The van der Waals surface area contributed by atoms with Crippen molar-refractivity contribution in [3.63, 3.8) is 0 Å². The summed E-state index contributed by atoms with van der Waals surface area (Å²) in [6, 6.07) is 5.92. The molecule has 1 heterocycles. The summed E-state index contributed by atoms with van der Waals surface area (Å²) in [7, 11) is 0. The number of nitrogens with zero attached hydrogens (tertiary/aromatic N) is 1. The van der Waals surface area contributed by atoms with Crippen molar-refractivity contribution in [3.8, 4) is 0 Å². The SMILES string of the molecule is O=C(CN1CC[C@@H]2CCCC[C@@H]2C1)Nc1ccc(F)cc1. The van der Waals surface area contributed by atoms with Crippen molar-refractivity contribution < 1.29 is 9.18 Å². The predicted octanol–water partition coefficient (Wildman–Crippen LogP) is 3.28. The summed E-state index contributed by atoms with van der Waals surface area (Å²) >= 11 is 0. The summed E-state index contributed by atoms with van der Waals surface area (Å²) in [5.41, 5.74) is 0.661. The first-order valence-corrected chi connectivity index (χ1v) is 7.98. The molecule has 21 heavy (non-hydrogen) atoms. The van der Waals surface area contributed by atoms with Gasteiger partial charge >= 0.3 is 0 Å². The number of halogens is 1. The number of carbonyl (C=O) groups excluding carboxylic acids is 1. The van der Waals surface area contributed by atoms with Crippen molar-refractivity contribution in [3.05, 3.63) is 30.1 Å². The van der Waals surface area contributed by atoms with Crippen LogP contribution in [-0.4, -0.2) is 30.4 Å². The number of anilines is 1. The lowest BCUT2D eigenvalue weighted by atomic mass is 9.75. The van der Waals surface area contributed by atoms with Crippen LogP contribution in [0.4, 0.5) is 10.1 Å². The van der Waals surface area contributed by atoms with Gasteiger partial charge in [-0.2, -0.15) is 0 Å². The van der Waals surface area contributed by atoms with Crippen molar-refractivity contribution in [2.75, 3.05) is 25.0 Å². The molecule has 0 unspecified atom stereocenters. The third kappa shape index (κ3) is 3.82. The van der Waals surface area contributed by atoms with E-state index < -0.39 is 0 Å². The van der Waals surface area contributed by atoms with Crippen LogP contribution in [0, 0.1) is 17.7 Å². The Morgan fingerprint density at radius 2 is 1.86 bits per heavy atom. The van der Waals surface area contributed by atoms with Gasteiger partial charge in [0, 0.05) is 12.2 Å². The summed E-state index contributed by atoms with van der Waals surface area (Å²) in [6.45, 7) is 2.53. The van der Waals surface area contributed by atoms with Crippen LogP contribution in [-0.2, 0) is 4.79 Å². The van der Waals surface area contributed by atoms with Crippen LogP contribution in [0.25, 0.3) is 0 Å². The predicted molar refractivity (Wildman–Crippen MR) is 81.5 cm³/mol. The number of hydrogen-bond acceptors (Lipinski definition) is 2. The zero-order valence-corrected chi connectivity index (χ0v) is 12.4. The Morgan fingerprint density at radius 1 is 1.14 bits per heavy atom. The highest BCUT2D eigenvalue weighted by molar-refractivity contribution is 5.92. The second-order valence-corrected chi connectivity index (χ2v) is 6.38. The molecule has 0 bridgehead atoms. The maximum atomic E-state index is 12.8. The van der Waals surface area contributed by atoms with Crippen molar-refractivity contribution in [1.82, 2.24) is 4.90 Å². The zero-order valence-electron chi connectivity index (χ0n) is 12.4. The topological polar surface area (TPSA) is 32.3 Å². The van der Waals surface area contributed by atoms with Crippen molar-refractivity contribution in [1.29, 1.82) is 0 Å². The smallest absolute Gasteiger partial charge is 0.238 e. The molecule has 1 saturated heterocycles. The molecule has 2 atom stereocenters. The van der Waals surface area contributed by atoms with E-state index in [0.717, 1.165) is 24.9 Å². The van der Waals surface area contributed by atoms with E-state index in [9.17, 15) is 9.18 Å². The number of rotatable bonds is 3. The summed E-state index contributed by atoms with van der Waals surface area (Å²) < 4.78 is 12.8. The minimum atomic E-state index is -0.285. The van der Waals surface area contributed by atoms with Crippen LogP contribution in [0.1, 0.15) is 32.1 Å². The van der Waals surface area contributed by atoms with Gasteiger partial charge in [-0.25, -0.2) is 4.39 Å². The van der Waals surface area contributed by atoms with Crippen LogP contribution in [0.2, 0.25) is 0 Å². The number of hydrogen-bond donors (Lipinski definition) is 1. The van der Waals surface area contributed by atoms with Gasteiger partial charge in [-0.1, -0.05) is 19.3 Å². The number of nitrogens with one attached hydrogen (secondary N) is 1. The second-order valence-electron chi connectivity index (χ2n) is 6.38. The zero-order chi connectivity index (χ0) is 14.7. The van der Waals surface area contributed by atoms with Gasteiger partial charge in [0.1, 0.15) is 5.82 Å². The summed E-state index contributed by atoms with van der Waals surface area (Å²) in [6.07, 6.45) is 6.65. The lowest BCUT2D eigenvalue weighted by Crippen LogP contribution is -2.44. The van der Waals surface area contributed by atoms with Gasteiger partial charge in [0.2, 0.25) is 5.91 Å². The highest BCUT2D eigenvalue weighted by Gasteiger charge is 2.31. The normalized spacial score (nSPS) is 26.1. The van der Waals surface area contributed by atoms with E-state index in [0.29, 0.717) is 12.2 Å². The van der Waals surface area contributed by atoms with E-state index in [-0.39, 0.29) is 11.7 Å². The molecule has 1 aromatic carbocycles. The van der Waals surface area contributed by atoms with Crippen molar-refractivity contribution >= 4 is 11.6 Å². The lowest BCUT2D eigenvalue weighted by Gasteiger charge is -2.41. The van der Waals surface area contributed by atoms with Crippen LogP contribution >= 0.6 is 0 Å². The maximum absolute atomic E-state index is 12.8. The minimum Gasteiger partial charge on any atom is -0.325 e. The number of likely N-dealkylation sites (tertiary alicyclic amines) is 1. The molecule has 4 heteroatoms. The lowest BCUT2D eigenvalue weighted by molar-refractivity contribution is -0.118. The Balaban J connectivity index is 1.49. The largest absolute Gasteiger partial charge is 0.325 e. The molecule has 2 aliphatic rings. The van der Waals surface area contributed by atoms with E-state index in [1.54, 1.807) is 12.1 Å². The fourth-order valence-corrected chi connectivity index (χ4v) is 3.76. The van der Waals surface area contributed by atoms with Crippen molar-refractivity contribution in [2.24, 2.45) is 11.8 Å². The number of amides is 1. The van der Waals surface area contributed by atoms with Gasteiger partial charge in [-0.3, -0.25) is 9.69 Å². The molecule has 1 saturated carbocycles. The van der Waals surface area contributed by atoms with Crippen LogP contribution < -0.4 is 5.32 Å². The van der Waals surface area contributed by atoms with Gasteiger partial charge < -0.3 is 5.32 Å². The molecule has 1 aliphatic heterocycles. The molecule has 1 aromatic rings. The number of piperidine rings is 1. The van der Waals surface area contributed by atoms with Crippen LogP contribution in [0.15, 0.2) is 24.3 Å². The Labute approximate surface area is 125 Å². The molecular formula is C17H23FN2O. The van der Waals surface area contributed by atoms with E-state index >= 15 is 0 Å². The fraction of sp³-hybridized carbons (Fsp3) is 0.588. The van der Waals surface area contributed by atoms with E-state index in [2.05, 4.69) is 10.2 Å². The number of fused-ring (bicyclic) bond motifs is 1. The monoisotopic (exact) mass is 290 g/mol. The average molecular weight is 290 g/mol. The standard InChI is InChI=1S/C17H23FN2O/c18-15-5-7-16(8-6-15)19-17(21)12-20-10-9-13-3-1-2-4-14(13)11-20/h5-8,13-14H,1-4,9-12H2,(H,19,21)/t13-,14+/m0/s1. The number of carbonyl (C=O) groups is 1. The fourth-order valence-electron chi connectivity index (χ4n) is 3.76.